The summed E-state index contributed by atoms with van der Waals surface area (Å²) >= 11 is 0. The maximum absolute atomic E-state index is 14.2. The Hall–Kier alpha value is -3.11. The minimum absolute atomic E-state index is 0.0281. The van der Waals surface area contributed by atoms with E-state index in [4.69, 9.17) is 15.2 Å². The molecule has 4 amide bonds. The van der Waals surface area contributed by atoms with Gasteiger partial charge in [0.15, 0.2) is 0 Å². The summed E-state index contributed by atoms with van der Waals surface area (Å²) in [5, 5.41) is 3.01. The fourth-order valence-corrected chi connectivity index (χ4v) is 8.88. The van der Waals surface area contributed by atoms with Crippen molar-refractivity contribution in [3.8, 4) is 0 Å². The van der Waals surface area contributed by atoms with Crippen molar-refractivity contribution in [2.75, 3.05) is 41.9 Å². The predicted molar refractivity (Wildman–Crippen MR) is 210 cm³/mol. The summed E-state index contributed by atoms with van der Waals surface area (Å²) < 4.78 is 39.9. The van der Waals surface area contributed by atoms with Gasteiger partial charge in [-0.3, -0.25) is 28.8 Å². The number of benzene rings is 1. The molecule has 0 radical (unpaired) electrons. The van der Waals surface area contributed by atoms with Crippen LogP contribution in [0.25, 0.3) is 0 Å². The monoisotopic (exact) mass is 780 g/mol. The number of likely N-dealkylation sites (tertiary alicyclic amines) is 1. The molecule has 308 valence electrons. The second-order valence-electron chi connectivity index (χ2n) is 15.7. The number of carbonyl (C=O) groups is 4. The molecule has 1 heterocycles. The summed E-state index contributed by atoms with van der Waals surface area (Å²) in [5.41, 5.74) is 7.02. The van der Waals surface area contributed by atoms with Crippen LogP contribution in [0.15, 0.2) is 24.3 Å². The van der Waals surface area contributed by atoms with Crippen molar-refractivity contribution in [2.45, 2.75) is 123 Å². The quantitative estimate of drug-likeness (QED) is 0.168. The number of likely N-dealkylation sites (N-methyl/N-ethyl adjacent to an activating group) is 2. The van der Waals surface area contributed by atoms with Gasteiger partial charge in [-0.1, -0.05) is 79.2 Å². The maximum atomic E-state index is 14.2. The summed E-state index contributed by atoms with van der Waals surface area (Å²) in [5.74, 6) is -2.94. The summed E-state index contributed by atoms with van der Waals surface area (Å²) in [6.45, 7) is 14.1. The van der Waals surface area contributed by atoms with Crippen LogP contribution in [0, 0.1) is 23.7 Å². The van der Waals surface area contributed by atoms with E-state index in [1.165, 1.54) is 14.2 Å². The van der Waals surface area contributed by atoms with Crippen LogP contribution < -0.4 is 15.8 Å². The number of sulfonamides is 1. The zero-order chi connectivity index (χ0) is 41.1. The molecule has 1 aliphatic rings. The van der Waals surface area contributed by atoms with Crippen LogP contribution in [-0.2, 0) is 51.0 Å². The first-order valence-corrected chi connectivity index (χ1v) is 20.8. The van der Waals surface area contributed by atoms with Crippen LogP contribution in [-0.4, -0.2) is 125 Å². The van der Waals surface area contributed by atoms with Crippen LogP contribution >= 0.6 is 0 Å². The van der Waals surface area contributed by atoms with Gasteiger partial charge >= 0.3 is 0 Å². The standard InChI is InChI=1S/C39H68N6O8S/c1-13-26(6)35(44(10)39(49)33(24(2)3)41-38(48)34(25(4)5)43(8)9)31(52-11)21-32(46)45-20-14-15-30(45)36(53-12)27(7)37(47)42-54(50,51)23-29-18-16-28(22-40)17-19-29/h16-19,24-27,30-31,33-36H,13-15,20-23,40H2,1-12H3,(H,41,48)(H,42,47)/t26?,27?,30-,31?,33?,34?,35?,36?/m0/s1. The van der Waals surface area contributed by atoms with Gasteiger partial charge < -0.3 is 30.3 Å². The Morgan fingerprint density at radius 3 is 2.00 bits per heavy atom. The Labute approximate surface area is 324 Å². The Kier molecular flexibility index (Phi) is 18.5. The molecule has 7 unspecified atom stereocenters. The van der Waals surface area contributed by atoms with E-state index in [1.807, 2.05) is 60.5 Å². The first kappa shape index (κ1) is 47.0. The molecule has 54 heavy (non-hydrogen) atoms. The third-order valence-corrected chi connectivity index (χ3v) is 12.0. The van der Waals surface area contributed by atoms with E-state index >= 15 is 0 Å². The summed E-state index contributed by atoms with van der Waals surface area (Å²) in [7, 11) is 4.34. The van der Waals surface area contributed by atoms with Gasteiger partial charge in [0, 0.05) is 34.4 Å². The van der Waals surface area contributed by atoms with Crippen molar-refractivity contribution in [3.63, 3.8) is 0 Å². The van der Waals surface area contributed by atoms with Crippen LogP contribution in [0.4, 0.5) is 0 Å². The van der Waals surface area contributed by atoms with Gasteiger partial charge in [-0.15, -0.1) is 0 Å². The average Bonchev–Trinajstić information content (AvgIpc) is 3.59. The molecular weight excluding hydrogens is 713 g/mol. The topological polar surface area (TPSA) is 181 Å². The number of hydrogen-bond donors (Lipinski definition) is 3. The smallest absolute Gasteiger partial charge is 0.245 e. The second-order valence-corrected chi connectivity index (χ2v) is 17.4. The highest BCUT2D eigenvalue weighted by Gasteiger charge is 2.43. The van der Waals surface area contributed by atoms with Crippen LogP contribution in [0.3, 0.4) is 0 Å². The number of rotatable bonds is 21. The zero-order valence-electron chi connectivity index (χ0n) is 34.6. The molecule has 15 heteroatoms. The number of nitrogens with two attached hydrogens (primary N) is 1. The molecule has 2 rings (SSSR count). The number of carbonyl (C=O) groups excluding carboxylic acids is 4. The first-order valence-electron chi connectivity index (χ1n) is 19.2. The molecule has 0 bridgehead atoms. The van der Waals surface area contributed by atoms with E-state index in [2.05, 4.69) is 10.0 Å². The van der Waals surface area contributed by atoms with Crippen molar-refractivity contribution < 1.29 is 37.1 Å². The second kappa shape index (κ2) is 21.3. The lowest BCUT2D eigenvalue weighted by Gasteiger charge is -2.41. The Morgan fingerprint density at radius 1 is 0.926 bits per heavy atom. The minimum atomic E-state index is -4.02. The van der Waals surface area contributed by atoms with Gasteiger partial charge in [0.05, 0.1) is 48.4 Å². The number of nitrogens with zero attached hydrogens (tertiary/aromatic N) is 3. The Morgan fingerprint density at radius 2 is 1.52 bits per heavy atom. The Bertz CT molecular complexity index is 1480. The van der Waals surface area contributed by atoms with E-state index in [0.717, 1.165) is 5.56 Å². The SMILES string of the molecule is CCC(C)C(C(CC(=O)N1CCC[C@H]1C(OC)C(C)C(=O)NS(=O)(=O)Cc1ccc(CN)cc1)OC)N(C)C(=O)C(NC(=O)C(C(C)C)N(C)C)C(C)C. The van der Waals surface area contributed by atoms with Gasteiger partial charge in [-0.25, -0.2) is 8.42 Å². The van der Waals surface area contributed by atoms with E-state index in [-0.39, 0.29) is 47.6 Å². The summed E-state index contributed by atoms with van der Waals surface area (Å²) in [6, 6.07) is 4.63. The molecule has 0 spiro atoms. The van der Waals surface area contributed by atoms with Crippen LogP contribution in [0.1, 0.15) is 85.3 Å². The van der Waals surface area contributed by atoms with Gasteiger partial charge in [0.2, 0.25) is 33.7 Å². The lowest BCUT2D eigenvalue weighted by molar-refractivity contribution is -0.148. The van der Waals surface area contributed by atoms with Gasteiger partial charge in [0.1, 0.15) is 6.04 Å². The average molecular weight is 781 g/mol. The molecule has 8 atom stereocenters. The lowest BCUT2D eigenvalue weighted by atomic mass is 9.89. The van der Waals surface area contributed by atoms with E-state index in [1.54, 1.807) is 48.0 Å². The van der Waals surface area contributed by atoms with Crippen molar-refractivity contribution in [3.05, 3.63) is 35.4 Å². The molecule has 0 aliphatic carbocycles. The molecule has 4 N–H and O–H groups in total. The molecule has 1 saturated heterocycles. The molecule has 0 saturated carbocycles. The van der Waals surface area contributed by atoms with E-state index < -0.39 is 58.2 Å². The molecular formula is C39H68N6O8S. The molecule has 1 aromatic carbocycles. The van der Waals surface area contributed by atoms with Gasteiger partial charge in [-0.05, 0) is 55.8 Å². The highest BCUT2D eigenvalue weighted by molar-refractivity contribution is 7.89. The summed E-state index contributed by atoms with van der Waals surface area (Å²) in [6.07, 6.45) is 0.445. The van der Waals surface area contributed by atoms with E-state index in [9.17, 15) is 27.6 Å². The molecule has 1 aliphatic heterocycles. The Balaban J connectivity index is 2.26. The number of amides is 4. The summed E-state index contributed by atoms with van der Waals surface area (Å²) in [4.78, 5) is 60.2. The minimum Gasteiger partial charge on any atom is -0.379 e. The lowest BCUT2D eigenvalue weighted by Crippen LogP contribution is -2.59. The first-order chi connectivity index (χ1) is 25.2. The van der Waals surface area contributed by atoms with Crippen molar-refractivity contribution >= 4 is 33.7 Å². The van der Waals surface area contributed by atoms with Gasteiger partial charge in [-0.2, -0.15) is 0 Å². The van der Waals surface area contributed by atoms with E-state index in [0.29, 0.717) is 37.9 Å². The van der Waals surface area contributed by atoms with Crippen molar-refractivity contribution in [1.82, 2.24) is 24.7 Å². The highest BCUT2D eigenvalue weighted by Crippen LogP contribution is 2.30. The number of hydrogen-bond acceptors (Lipinski definition) is 10. The fraction of sp³-hybridized carbons (Fsp3) is 0.744. The van der Waals surface area contributed by atoms with Crippen molar-refractivity contribution in [1.29, 1.82) is 0 Å². The molecule has 14 nitrogen and oxygen atoms in total. The number of methoxy groups -OCH3 is 2. The normalized spacial score (nSPS) is 18.9. The van der Waals surface area contributed by atoms with Gasteiger partial charge in [0.25, 0.3) is 0 Å². The molecule has 1 aromatic rings. The number of ether oxygens (including phenoxy) is 2. The third-order valence-electron chi connectivity index (χ3n) is 10.8. The molecule has 1 fully saturated rings. The third kappa shape index (κ3) is 12.5. The largest absolute Gasteiger partial charge is 0.379 e. The van der Waals surface area contributed by atoms with Crippen LogP contribution in [0.2, 0.25) is 0 Å². The highest BCUT2D eigenvalue weighted by atomic mass is 32.2. The maximum Gasteiger partial charge on any atom is 0.245 e. The molecule has 0 aromatic heterocycles. The fourth-order valence-electron chi connectivity index (χ4n) is 7.68. The zero-order valence-corrected chi connectivity index (χ0v) is 35.4. The predicted octanol–water partition coefficient (Wildman–Crippen LogP) is 2.74. The number of nitrogens with one attached hydrogen (secondary N) is 2. The van der Waals surface area contributed by atoms with Crippen molar-refractivity contribution in [2.24, 2.45) is 29.4 Å². The van der Waals surface area contributed by atoms with Crippen LogP contribution in [0.5, 0.6) is 0 Å².